The molecule has 0 radical (unpaired) electrons. The standard InChI is InChI=1S/C6H10Cl2S2/c1-3-9-5(7)6(8)10-4-2/h3-4H2,1-2H3/b6-5-. The maximum Gasteiger partial charge on any atom is 0.0986 e. The van der Waals surface area contributed by atoms with Crippen LogP contribution in [-0.2, 0) is 0 Å². The van der Waals surface area contributed by atoms with E-state index in [-0.39, 0.29) is 0 Å². The van der Waals surface area contributed by atoms with Crippen molar-refractivity contribution in [3.05, 3.63) is 8.73 Å². The Bertz CT molecular complexity index is 109. The molecule has 0 aromatic heterocycles. The summed E-state index contributed by atoms with van der Waals surface area (Å²) in [5, 5.41) is 0. The molecule has 60 valence electrons. The SMILES string of the molecule is CCS/C(Cl)=C(/Cl)SCC. The van der Waals surface area contributed by atoms with Gasteiger partial charge in [0, 0.05) is 0 Å². The van der Waals surface area contributed by atoms with Crippen LogP contribution in [0.25, 0.3) is 0 Å². The van der Waals surface area contributed by atoms with Crippen molar-refractivity contribution in [2.75, 3.05) is 11.5 Å². The molecule has 0 rings (SSSR count). The summed E-state index contributed by atoms with van der Waals surface area (Å²) >= 11 is 14.7. The summed E-state index contributed by atoms with van der Waals surface area (Å²) in [5.41, 5.74) is 0. The van der Waals surface area contributed by atoms with Gasteiger partial charge in [-0.05, 0) is 11.5 Å². The zero-order valence-electron chi connectivity index (χ0n) is 5.99. The summed E-state index contributed by atoms with van der Waals surface area (Å²) in [6.45, 7) is 4.10. The first kappa shape index (κ1) is 11.0. The zero-order chi connectivity index (χ0) is 7.98. The third kappa shape index (κ3) is 4.78. The normalized spacial score (nSPS) is 13.2. The van der Waals surface area contributed by atoms with E-state index in [1.54, 1.807) is 23.5 Å². The lowest BCUT2D eigenvalue weighted by molar-refractivity contribution is 1.53. The molecule has 0 nitrogen and oxygen atoms in total. The Hall–Kier alpha value is 1.02. The molecule has 0 fully saturated rings. The summed E-state index contributed by atoms with van der Waals surface area (Å²) in [4.78, 5) is 0. The van der Waals surface area contributed by atoms with Crippen LogP contribution >= 0.6 is 46.7 Å². The molecule has 0 saturated heterocycles. The third-order valence-electron chi connectivity index (χ3n) is 0.697. The summed E-state index contributed by atoms with van der Waals surface area (Å²) in [7, 11) is 0. The summed E-state index contributed by atoms with van der Waals surface area (Å²) in [6.07, 6.45) is 0. The minimum absolute atomic E-state index is 0.719. The fraction of sp³-hybridized carbons (Fsp3) is 0.667. The Labute approximate surface area is 80.7 Å². The van der Waals surface area contributed by atoms with Crippen LogP contribution in [0, 0.1) is 0 Å². The Morgan fingerprint density at radius 3 is 1.50 bits per heavy atom. The molecule has 0 aromatic rings. The minimum atomic E-state index is 0.719. The molecular weight excluding hydrogens is 207 g/mol. The predicted octanol–water partition coefficient (Wildman–Crippen LogP) is 4.10. The van der Waals surface area contributed by atoms with E-state index in [4.69, 9.17) is 23.2 Å². The molecule has 0 saturated carbocycles. The van der Waals surface area contributed by atoms with Crippen molar-refractivity contribution in [2.24, 2.45) is 0 Å². The minimum Gasteiger partial charge on any atom is -0.112 e. The van der Waals surface area contributed by atoms with Crippen molar-refractivity contribution in [3.63, 3.8) is 0 Å². The molecule has 0 amide bonds. The molecule has 4 heteroatoms. The fourth-order valence-corrected chi connectivity index (χ4v) is 2.44. The quantitative estimate of drug-likeness (QED) is 0.695. The number of hydrogen-bond donors (Lipinski definition) is 0. The first-order valence-corrected chi connectivity index (χ1v) is 5.75. The van der Waals surface area contributed by atoms with E-state index in [0.29, 0.717) is 0 Å². The molecule has 0 heterocycles. The lowest BCUT2D eigenvalue weighted by Crippen LogP contribution is -1.71. The smallest absolute Gasteiger partial charge is 0.0986 e. The second kappa shape index (κ2) is 6.71. The average Bonchev–Trinajstić information content (AvgIpc) is 1.89. The first-order valence-electron chi connectivity index (χ1n) is 3.03. The molecule has 0 bridgehead atoms. The Balaban J connectivity index is 3.79. The highest BCUT2D eigenvalue weighted by Crippen LogP contribution is 2.32. The molecule has 10 heavy (non-hydrogen) atoms. The van der Waals surface area contributed by atoms with Gasteiger partial charge in [-0.3, -0.25) is 0 Å². The van der Waals surface area contributed by atoms with Crippen LogP contribution in [0.3, 0.4) is 0 Å². The number of halogens is 2. The van der Waals surface area contributed by atoms with Crippen molar-refractivity contribution in [1.29, 1.82) is 0 Å². The monoisotopic (exact) mass is 216 g/mol. The van der Waals surface area contributed by atoms with E-state index in [0.717, 1.165) is 20.2 Å². The van der Waals surface area contributed by atoms with E-state index >= 15 is 0 Å². The first-order chi connectivity index (χ1) is 4.72. The van der Waals surface area contributed by atoms with E-state index in [9.17, 15) is 0 Å². The van der Waals surface area contributed by atoms with Crippen molar-refractivity contribution in [2.45, 2.75) is 13.8 Å². The Morgan fingerprint density at radius 2 is 1.30 bits per heavy atom. The van der Waals surface area contributed by atoms with Crippen LogP contribution < -0.4 is 0 Å². The van der Waals surface area contributed by atoms with Gasteiger partial charge in [0.25, 0.3) is 0 Å². The van der Waals surface area contributed by atoms with Crippen LogP contribution in [0.1, 0.15) is 13.8 Å². The molecular formula is C6H10Cl2S2. The van der Waals surface area contributed by atoms with Gasteiger partial charge < -0.3 is 0 Å². The summed E-state index contributed by atoms with van der Waals surface area (Å²) in [5.74, 6) is 1.94. The lowest BCUT2D eigenvalue weighted by Gasteiger charge is -1.98. The molecule has 0 aliphatic heterocycles. The van der Waals surface area contributed by atoms with Crippen molar-refractivity contribution in [1.82, 2.24) is 0 Å². The van der Waals surface area contributed by atoms with Gasteiger partial charge >= 0.3 is 0 Å². The number of thioether (sulfide) groups is 2. The molecule has 0 aliphatic carbocycles. The molecule has 0 aliphatic rings. The van der Waals surface area contributed by atoms with E-state index in [1.807, 2.05) is 13.8 Å². The Kier molecular flexibility index (Phi) is 7.40. The van der Waals surface area contributed by atoms with Crippen LogP contribution in [-0.4, -0.2) is 11.5 Å². The Morgan fingerprint density at radius 1 is 1.00 bits per heavy atom. The van der Waals surface area contributed by atoms with Gasteiger partial charge in [0.15, 0.2) is 0 Å². The van der Waals surface area contributed by atoms with E-state index < -0.39 is 0 Å². The predicted molar refractivity (Wildman–Crippen MR) is 55.0 cm³/mol. The summed E-state index contributed by atoms with van der Waals surface area (Å²) < 4.78 is 1.44. The van der Waals surface area contributed by atoms with E-state index in [2.05, 4.69) is 0 Å². The second-order valence-electron chi connectivity index (χ2n) is 1.41. The summed E-state index contributed by atoms with van der Waals surface area (Å²) in [6, 6.07) is 0. The van der Waals surface area contributed by atoms with Crippen LogP contribution in [0.4, 0.5) is 0 Å². The van der Waals surface area contributed by atoms with Crippen molar-refractivity contribution in [3.8, 4) is 0 Å². The largest absolute Gasteiger partial charge is 0.112 e. The average molecular weight is 217 g/mol. The molecule has 0 unspecified atom stereocenters. The van der Waals surface area contributed by atoms with Crippen molar-refractivity contribution < 1.29 is 0 Å². The van der Waals surface area contributed by atoms with Gasteiger partial charge in [0.2, 0.25) is 0 Å². The van der Waals surface area contributed by atoms with Crippen LogP contribution in [0.2, 0.25) is 0 Å². The van der Waals surface area contributed by atoms with Gasteiger partial charge in [-0.15, -0.1) is 23.5 Å². The topological polar surface area (TPSA) is 0 Å². The molecule has 0 spiro atoms. The highest BCUT2D eigenvalue weighted by atomic mass is 35.5. The molecule has 0 atom stereocenters. The van der Waals surface area contributed by atoms with Gasteiger partial charge in [0.05, 0.1) is 8.73 Å². The molecule has 0 aromatic carbocycles. The highest BCUT2D eigenvalue weighted by molar-refractivity contribution is 8.08. The van der Waals surface area contributed by atoms with Gasteiger partial charge in [-0.2, -0.15) is 0 Å². The van der Waals surface area contributed by atoms with Crippen LogP contribution in [0.15, 0.2) is 8.73 Å². The second-order valence-corrected chi connectivity index (χ2v) is 5.17. The van der Waals surface area contributed by atoms with Crippen LogP contribution in [0.5, 0.6) is 0 Å². The third-order valence-corrected chi connectivity index (χ3v) is 3.67. The van der Waals surface area contributed by atoms with Gasteiger partial charge in [0.1, 0.15) is 0 Å². The van der Waals surface area contributed by atoms with Gasteiger partial charge in [-0.25, -0.2) is 0 Å². The van der Waals surface area contributed by atoms with Crippen molar-refractivity contribution >= 4 is 46.7 Å². The highest BCUT2D eigenvalue weighted by Gasteiger charge is 1.99. The fourth-order valence-electron chi connectivity index (χ4n) is 0.367. The number of rotatable bonds is 4. The zero-order valence-corrected chi connectivity index (χ0v) is 9.13. The maximum atomic E-state index is 5.80. The van der Waals surface area contributed by atoms with Gasteiger partial charge in [-0.1, -0.05) is 37.0 Å². The molecule has 0 N–H and O–H groups in total. The number of hydrogen-bond acceptors (Lipinski definition) is 2. The maximum absolute atomic E-state index is 5.80. The van der Waals surface area contributed by atoms with E-state index in [1.165, 1.54) is 0 Å². The lowest BCUT2D eigenvalue weighted by atomic mass is 11.0.